The van der Waals surface area contributed by atoms with Crippen LogP contribution in [0, 0.1) is 5.92 Å². The molecule has 3 aromatic rings. The molecule has 0 aromatic heterocycles. The molecular formula is C29H31ClN4O3. The van der Waals surface area contributed by atoms with E-state index in [1.165, 1.54) is 6.08 Å². The minimum Gasteiger partial charge on any atom is -0.397 e. The lowest BCUT2D eigenvalue weighted by atomic mass is 9.88. The molecule has 2 unspecified atom stereocenters. The maximum Gasteiger partial charge on any atom is 0.248 e. The molecule has 4 rings (SSSR count). The van der Waals surface area contributed by atoms with Crippen LogP contribution in [0.4, 0.5) is 17.1 Å². The fraction of sp³-hybridized carbons (Fsp3) is 0.241. The minimum absolute atomic E-state index is 0.0203. The molecule has 1 heterocycles. The van der Waals surface area contributed by atoms with Crippen molar-refractivity contribution >= 4 is 46.6 Å². The Hall–Kier alpha value is -3.65. The molecule has 0 bridgehead atoms. The van der Waals surface area contributed by atoms with Crippen LogP contribution in [0.2, 0.25) is 5.02 Å². The molecule has 37 heavy (non-hydrogen) atoms. The van der Waals surface area contributed by atoms with Gasteiger partial charge in [0, 0.05) is 49.4 Å². The summed E-state index contributed by atoms with van der Waals surface area (Å²) in [6, 6.07) is 22.2. The quantitative estimate of drug-likeness (QED) is 0.277. The van der Waals surface area contributed by atoms with Crippen molar-refractivity contribution in [1.29, 1.82) is 0 Å². The molecule has 8 heteroatoms. The van der Waals surface area contributed by atoms with E-state index in [0.29, 0.717) is 29.5 Å². The van der Waals surface area contributed by atoms with Crippen molar-refractivity contribution in [2.75, 3.05) is 49.7 Å². The fourth-order valence-electron chi connectivity index (χ4n) is 4.47. The zero-order chi connectivity index (χ0) is 26.2. The molecule has 1 aliphatic rings. The third-order valence-corrected chi connectivity index (χ3v) is 6.72. The number of nitrogens with two attached hydrogens (primary N) is 1. The number of rotatable bonds is 9. The van der Waals surface area contributed by atoms with Crippen molar-refractivity contribution < 1.29 is 14.3 Å². The monoisotopic (exact) mass is 518 g/mol. The molecule has 0 aliphatic carbocycles. The average molecular weight is 519 g/mol. The number of methoxy groups -OCH3 is 1. The van der Waals surface area contributed by atoms with Gasteiger partial charge in [-0.05, 0) is 53.6 Å². The molecule has 0 saturated carbocycles. The lowest BCUT2D eigenvalue weighted by Crippen LogP contribution is -2.29. The Balaban J connectivity index is 1.44. The summed E-state index contributed by atoms with van der Waals surface area (Å²) in [7, 11) is 1.68. The Morgan fingerprint density at radius 3 is 2.46 bits per heavy atom. The van der Waals surface area contributed by atoms with Crippen molar-refractivity contribution in [3.05, 3.63) is 95.0 Å². The summed E-state index contributed by atoms with van der Waals surface area (Å²) in [5, 5.41) is 6.44. The van der Waals surface area contributed by atoms with Gasteiger partial charge in [-0.3, -0.25) is 14.5 Å². The number of benzene rings is 3. The zero-order valence-electron chi connectivity index (χ0n) is 20.7. The van der Waals surface area contributed by atoms with E-state index >= 15 is 0 Å². The van der Waals surface area contributed by atoms with E-state index in [2.05, 4.69) is 15.5 Å². The maximum absolute atomic E-state index is 13.3. The van der Waals surface area contributed by atoms with E-state index in [9.17, 15) is 9.59 Å². The molecule has 1 saturated heterocycles. The Bertz CT molecular complexity index is 1240. The molecule has 7 nitrogen and oxygen atoms in total. The first kappa shape index (κ1) is 26.4. The highest BCUT2D eigenvalue weighted by Gasteiger charge is 2.38. The summed E-state index contributed by atoms with van der Waals surface area (Å²) >= 11 is 5.98. The van der Waals surface area contributed by atoms with Gasteiger partial charge in [0.05, 0.1) is 23.9 Å². The van der Waals surface area contributed by atoms with Crippen LogP contribution in [-0.4, -0.2) is 50.1 Å². The van der Waals surface area contributed by atoms with Gasteiger partial charge in [-0.15, -0.1) is 0 Å². The van der Waals surface area contributed by atoms with Crippen molar-refractivity contribution in [1.82, 2.24) is 4.90 Å². The van der Waals surface area contributed by atoms with Crippen LogP contribution >= 0.6 is 11.6 Å². The Morgan fingerprint density at radius 1 is 1.03 bits per heavy atom. The Kier molecular flexibility index (Phi) is 8.95. The number of likely N-dealkylation sites (tertiary alicyclic amines) is 1. The third kappa shape index (κ3) is 7.20. The molecule has 2 atom stereocenters. The topological polar surface area (TPSA) is 96.7 Å². The number of carbonyl (C=O) groups is 2. The van der Waals surface area contributed by atoms with Gasteiger partial charge in [0.15, 0.2) is 0 Å². The van der Waals surface area contributed by atoms with Crippen LogP contribution in [0.3, 0.4) is 0 Å². The molecule has 0 radical (unpaired) electrons. The Morgan fingerprint density at radius 2 is 1.76 bits per heavy atom. The second-order valence-corrected chi connectivity index (χ2v) is 9.47. The first-order chi connectivity index (χ1) is 17.9. The van der Waals surface area contributed by atoms with Gasteiger partial charge in [0.1, 0.15) is 0 Å². The lowest BCUT2D eigenvalue weighted by Gasteiger charge is -2.19. The number of anilines is 3. The number of amides is 2. The van der Waals surface area contributed by atoms with Gasteiger partial charge in [-0.2, -0.15) is 0 Å². The smallest absolute Gasteiger partial charge is 0.248 e. The number of nitrogen functional groups attached to an aromatic ring is 1. The summed E-state index contributed by atoms with van der Waals surface area (Å²) in [6.45, 7) is 2.79. The molecule has 1 aliphatic heterocycles. The summed E-state index contributed by atoms with van der Waals surface area (Å²) in [5.41, 5.74) is 9.67. The number of hydrogen-bond donors (Lipinski definition) is 3. The fourth-order valence-corrected chi connectivity index (χ4v) is 4.60. The highest BCUT2D eigenvalue weighted by molar-refractivity contribution is 6.30. The lowest BCUT2D eigenvalue weighted by molar-refractivity contribution is -0.120. The molecular weight excluding hydrogens is 488 g/mol. The van der Waals surface area contributed by atoms with Crippen LogP contribution in [0.1, 0.15) is 17.0 Å². The standard InChI is InChI=1S/C29H31ClN4O3/c1-37-17-16-34-18-24(25(19-34)29(36)32-23-13-11-22(30)12-14-23)21-9-6-20(7-10-21)8-15-28(35)33-27-5-3-2-4-26(27)31/h2-15,24-25H,16-19,31H2,1H3,(H,32,36)(H,33,35)/b15-8+. The van der Waals surface area contributed by atoms with Gasteiger partial charge in [0.2, 0.25) is 11.8 Å². The van der Waals surface area contributed by atoms with Gasteiger partial charge in [-0.25, -0.2) is 0 Å². The number of hydrogen-bond acceptors (Lipinski definition) is 5. The van der Waals surface area contributed by atoms with Crippen molar-refractivity contribution in [2.45, 2.75) is 5.92 Å². The summed E-state index contributed by atoms with van der Waals surface area (Å²) in [5.74, 6) is -0.457. The van der Waals surface area contributed by atoms with E-state index in [1.807, 2.05) is 36.4 Å². The summed E-state index contributed by atoms with van der Waals surface area (Å²) < 4.78 is 5.25. The molecule has 4 N–H and O–H groups in total. The highest BCUT2D eigenvalue weighted by Crippen LogP contribution is 2.34. The van der Waals surface area contributed by atoms with Crippen molar-refractivity contribution in [3.63, 3.8) is 0 Å². The van der Waals surface area contributed by atoms with Crippen LogP contribution < -0.4 is 16.4 Å². The van der Waals surface area contributed by atoms with E-state index in [1.54, 1.807) is 49.6 Å². The first-order valence-electron chi connectivity index (χ1n) is 12.1. The Labute approximate surface area is 222 Å². The van der Waals surface area contributed by atoms with Gasteiger partial charge in [-0.1, -0.05) is 48.0 Å². The SMILES string of the molecule is COCCN1CC(C(=O)Nc2ccc(Cl)cc2)C(c2ccc(/C=C/C(=O)Nc3ccccc3N)cc2)C1. The average Bonchev–Trinajstić information content (AvgIpc) is 3.34. The second-order valence-electron chi connectivity index (χ2n) is 9.04. The number of nitrogens with one attached hydrogen (secondary N) is 2. The van der Waals surface area contributed by atoms with E-state index in [-0.39, 0.29) is 23.7 Å². The molecule has 3 aromatic carbocycles. The molecule has 2 amide bonds. The predicted octanol–water partition coefficient (Wildman–Crippen LogP) is 4.87. The van der Waals surface area contributed by atoms with E-state index < -0.39 is 0 Å². The number of para-hydroxylation sites is 2. The van der Waals surface area contributed by atoms with Crippen LogP contribution in [0.25, 0.3) is 6.08 Å². The highest BCUT2D eigenvalue weighted by atomic mass is 35.5. The predicted molar refractivity (Wildman–Crippen MR) is 150 cm³/mol. The summed E-state index contributed by atoms with van der Waals surface area (Å²) in [6.07, 6.45) is 3.23. The zero-order valence-corrected chi connectivity index (χ0v) is 21.4. The van der Waals surface area contributed by atoms with Gasteiger partial charge < -0.3 is 21.1 Å². The number of nitrogens with zero attached hydrogens (tertiary/aromatic N) is 1. The third-order valence-electron chi connectivity index (χ3n) is 6.47. The van der Waals surface area contributed by atoms with E-state index in [0.717, 1.165) is 29.9 Å². The second kappa shape index (κ2) is 12.5. The normalized spacial score (nSPS) is 17.7. The minimum atomic E-state index is -0.259. The number of halogens is 1. The van der Waals surface area contributed by atoms with Crippen molar-refractivity contribution in [2.24, 2.45) is 5.92 Å². The summed E-state index contributed by atoms with van der Waals surface area (Å²) in [4.78, 5) is 27.8. The van der Waals surface area contributed by atoms with Crippen molar-refractivity contribution in [3.8, 4) is 0 Å². The van der Waals surface area contributed by atoms with E-state index in [4.69, 9.17) is 22.1 Å². The maximum atomic E-state index is 13.3. The first-order valence-corrected chi connectivity index (χ1v) is 12.5. The molecule has 192 valence electrons. The van der Waals surface area contributed by atoms with Crippen LogP contribution in [0.15, 0.2) is 78.9 Å². The number of carbonyl (C=O) groups excluding carboxylic acids is 2. The van der Waals surface area contributed by atoms with Crippen LogP contribution in [0.5, 0.6) is 0 Å². The largest absolute Gasteiger partial charge is 0.397 e. The number of ether oxygens (including phenoxy) is 1. The van der Waals surface area contributed by atoms with Crippen LogP contribution in [-0.2, 0) is 14.3 Å². The van der Waals surface area contributed by atoms with Gasteiger partial charge in [0.25, 0.3) is 0 Å². The van der Waals surface area contributed by atoms with Gasteiger partial charge >= 0.3 is 0 Å². The molecule has 0 spiro atoms. The molecule has 1 fully saturated rings.